The topological polar surface area (TPSA) is 40.5 Å². The zero-order valence-corrected chi connectivity index (χ0v) is 8.39. The van der Waals surface area contributed by atoms with Crippen LogP contribution in [0.1, 0.15) is 19.3 Å². The van der Waals surface area contributed by atoms with Crippen LogP contribution in [0.25, 0.3) is 0 Å². The molecule has 0 aromatic carbocycles. The van der Waals surface area contributed by atoms with E-state index in [0.29, 0.717) is 11.8 Å². The lowest BCUT2D eigenvalue weighted by Gasteiger charge is -2.16. The van der Waals surface area contributed by atoms with Gasteiger partial charge < -0.3 is 10.2 Å². The molecule has 2 saturated carbocycles. The van der Waals surface area contributed by atoms with Gasteiger partial charge in [0.25, 0.3) is 0 Å². The zero-order valence-electron chi connectivity index (χ0n) is 8.39. The van der Waals surface area contributed by atoms with Gasteiger partial charge >= 0.3 is 0 Å². The largest absolute Gasteiger partial charge is 0.392 e. The summed E-state index contributed by atoms with van der Waals surface area (Å²) in [6.07, 6.45) is 6.57. The first-order valence-corrected chi connectivity index (χ1v) is 5.34. The van der Waals surface area contributed by atoms with Crippen molar-refractivity contribution in [1.29, 1.82) is 0 Å². The predicted octanol–water partition coefficient (Wildman–Crippen LogP) is 1.50. The van der Waals surface area contributed by atoms with E-state index in [1.807, 2.05) is 6.08 Å². The second kappa shape index (κ2) is 3.87. The van der Waals surface area contributed by atoms with Crippen molar-refractivity contribution in [3.8, 4) is 0 Å². The van der Waals surface area contributed by atoms with Crippen molar-refractivity contribution in [1.82, 2.24) is 0 Å². The molecule has 2 aliphatic carbocycles. The molecule has 2 aliphatic rings. The molecule has 0 heterocycles. The smallest absolute Gasteiger partial charge is 0.0612 e. The minimum absolute atomic E-state index is 0.0710. The fourth-order valence-corrected chi connectivity index (χ4v) is 3.06. The number of hydrogen-bond acceptors (Lipinski definition) is 2. The molecule has 0 bridgehead atoms. The molecule has 14 heavy (non-hydrogen) atoms. The third-order valence-corrected chi connectivity index (χ3v) is 3.63. The quantitative estimate of drug-likeness (QED) is 0.654. The molecule has 2 N–H and O–H groups in total. The Hall–Kier alpha value is -0.600. The number of allylic oxidation sites excluding steroid dienone is 1. The van der Waals surface area contributed by atoms with Crippen LogP contribution in [0.15, 0.2) is 24.3 Å². The highest BCUT2D eigenvalue weighted by Crippen LogP contribution is 2.49. The summed E-state index contributed by atoms with van der Waals surface area (Å²) in [6.45, 7) is 4.09. The van der Waals surface area contributed by atoms with E-state index >= 15 is 0 Å². The summed E-state index contributed by atoms with van der Waals surface area (Å²) in [7, 11) is 0. The van der Waals surface area contributed by atoms with E-state index in [1.165, 1.54) is 5.57 Å². The molecule has 0 amide bonds. The SMILES string of the molecule is C=C1C[C@H]2CC(O)[C@H](/C=C/CO)[C@H]2C1. The van der Waals surface area contributed by atoms with Crippen LogP contribution in [0.5, 0.6) is 0 Å². The Morgan fingerprint density at radius 1 is 1.43 bits per heavy atom. The van der Waals surface area contributed by atoms with E-state index in [2.05, 4.69) is 6.58 Å². The molecule has 0 aliphatic heterocycles. The minimum atomic E-state index is -0.208. The zero-order chi connectivity index (χ0) is 10.1. The third kappa shape index (κ3) is 1.64. The highest BCUT2D eigenvalue weighted by molar-refractivity contribution is 5.14. The lowest BCUT2D eigenvalue weighted by atomic mass is 9.91. The normalized spacial score (nSPS) is 42.3. The molecular formula is C12H18O2. The van der Waals surface area contributed by atoms with Crippen molar-refractivity contribution in [3.63, 3.8) is 0 Å². The Balaban J connectivity index is 2.08. The van der Waals surface area contributed by atoms with Crippen LogP contribution in [0.4, 0.5) is 0 Å². The lowest BCUT2D eigenvalue weighted by Crippen LogP contribution is -2.16. The molecular weight excluding hydrogens is 176 g/mol. The standard InChI is InChI=1S/C12H18O2/c1-8-5-9-7-12(14)10(3-2-4-13)11(9)6-8/h2-3,9-14H,1,4-7H2/b3-2+/t9-,10+,11-,12?/m0/s1. The molecule has 0 aromatic rings. The van der Waals surface area contributed by atoms with Crippen LogP contribution < -0.4 is 0 Å². The fraction of sp³-hybridized carbons (Fsp3) is 0.667. The van der Waals surface area contributed by atoms with Gasteiger partial charge in [0.2, 0.25) is 0 Å². The third-order valence-electron chi connectivity index (χ3n) is 3.63. The van der Waals surface area contributed by atoms with Crippen LogP contribution in [0.3, 0.4) is 0 Å². The summed E-state index contributed by atoms with van der Waals surface area (Å²) < 4.78 is 0. The number of fused-ring (bicyclic) bond motifs is 1. The maximum atomic E-state index is 9.85. The Labute approximate surface area is 85.0 Å². The maximum Gasteiger partial charge on any atom is 0.0612 e. The Morgan fingerprint density at radius 2 is 2.21 bits per heavy atom. The molecule has 1 unspecified atom stereocenters. The molecule has 2 rings (SSSR count). The molecule has 4 atom stereocenters. The van der Waals surface area contributed by atoms with Crippen molar-refractivity contribution in [3.05, 3.63) is 24.3 Å². The van der Waals surface area contributed by atoms with Gasteiger partial charge in [-0.25, -0.2) is 0 Å². The highest BCUT2D eigenvalue weighted by Gasteiger charge is 2.44. The van der Waals surface area contributed by atoms with Gasteiger partial charge in [-0.1, -0.05) is 24.3 Å². The van der Waals surface area contributed by atoms with Crippen LogP contribution in [-0.2, 0) is 0 Å². The molecule has 0 saturated heterocycles. The molecule has 0 spiro atoms. The van der Waals surface area contributed by atoms with Crippen molar-refractivity contribution >= 4 is 0 Å². The van der Waals surface area contributed by atoms with Crippen molar-refractivity contribution in [2.45, 2.75) is 25.4 Å². The van der Waals surface area contributed by atoms with E-state index in [-0.39, 0.29) is 18.6 Å². The second-order valence-corrected chi connectivity index (χ2v) is 4.57. The van der Waals surface area contributed by atoms with Crippen LogP contribution in [0.2, 0.25) is 0 Å². The second-order valence-electron chi connectivity index (χ2n) is 4.57. The van der Waals surface area contributed by atoms with Gasteiger partial charge in [0.1, 0.15) is 0 Å². The van der Waals surface area contributed by atoms with E-state index in [0.717, 1.165) is 19.3 Å². The fourth-order valence-electron chi connectivity index (χ4n) is 3.06. The first-order chi connectivity index (χ1) is 6.72. The summed E-state index contributed by atoms with van der Waals surface area (Å²) in [6, 6.07) is 0. The van der Waals surface area contributed by atoms with Gasteiger partial charge in [-0.2, -0.15) is 0 Å². The Bertz CT molecular complexity index is 257. The van der Waals surface area contributed by atoms with Gasteiger partial charge in [-0.15, -0.1) is 0 Å². The Morgan fingerprint density at radius 3 is 2.93 bits per heavy atom. The maximum absolute atomic E-state index is 9.85. The first-order valence-electron chi connectivity index (χ1n) is 5.34. The van der Waals surface area contributed by atoms with E-state index < -0.39 is 0 Å². The highest BCUT2D eigenvalue weighted by atomic mass is 16.3. The molecule has 2 nitrogen and oxygen atoms in total. The molecule has 78 valence electrons. The summed E-state index contributed by atoms with van der Waals surface area (Å²) >= 11 is 0. The number of rotatable bonds is 2. The van der Waals surface area contributed by atoms with Gasteiger partial charge in [0.15, 0.2) is 0 Å². The van der Waals surface area contributed by atoms with Gasteiger partial charge in [0.05, 0.1) is 12.7 Å². The van der Waals surface area contributed by atoms with Crippen molar-refractivity contribution < 1.29 is 10.2 Å². The summed E-state index contributed by atoms with van der Waals surface area (Å²) in [4.78, 5) is 0. The monoisotopic (exact) mass is 194 g/mol. The average molecular weight is 194 g/mol. The molecule has 0 radical (unpaired) electrons. The van der Waals surface area contributed by atoms with E-state index in [1.54, 1.807) is 6.08 Å². The summed E-state index contributed by atoms with van der Waals surface area (Å²) in [5.74, 6) is 1.44. The van der Waals surface area contributed by atoms with Gasteiger partial charge in [-0.3, -0.25) is 0 Å². The summed E-state index contributed by atoms with van der Waals surface area (Å²) in [5.41, 5.74) is 1.33. The average Bonchev–Trinajstić information content (AvgIpc) is 2.58. The number of hydrogen-bond donors (Lipinski definition) is 2. The van der Waals surface area contributed by atoms with E-state index in [4.69, 9.17) is 5.11 Å². The minimum Gasteiger partial charge on any atom is -0.392 e. The molecule has 2 heteroatoms. The van der Waals surface area contributed by atoms with E-state index in [9.17, 15) is 5.11 Å². The van der Waals surface area contributed by atoms with Gasteiger partial charge in [-0.05, 0) is 31.1 Å². The van der Waals surface area contributed by atoms with Crippen LogP contribution in [0, 0.1) is 17.8 Å². The first kappa shape index (κ1) is 9.94. The van der Waals surface area contributed by atoms with Crippen molar-refractivity contribution in [2.75, 3.05) is 6.61 Å². The van der Waals surface area contributed by atoms with Crippen molar-refractivity contribution in [2.24, 2.45) is 17.8 Å². The molecule has 2 fully saturated rings. The Kier molecular flexibility index (Phi) is 2.75. The summed E-state index contributed by atoms with van der Waals surface area (Å²) in [5, 5.41) is 18.6. The van der Waals surface area contributed by atoms with Crippen LogP contribution in [-0.4, -0.2) is 22.9 Å². The van der Waals surface area contributed by atoms with Crippen LogP contribution >= 0.6 is 0 Å². The number of aliphatic hydroxyl groups is 2. The van der Waals surface area contributed by atoms with Gasteiger partial charge in [0, 0.05) is 5.92 Å². The number of aliphatic hydroxyl groups excluding tert-OH is 2. The predicted molar refractivity (Wildman–Crippen MR) is 55.7 cm³/mol. The lowest BCUT2D eigenvalue weighted by molar-refractivity contribution is 0.140. The molecule has 0 aromatic heterocycles.